The van der Waals surface area contributed by atoms with E-state index in [9.17, 15) is 4.79 Å². The van der Waals surface area contributed by atoms with E-state index in [1.54, 1.807) is 12.3 Å². The van der Waals surface area contributed by atoms with Gasteiger partial charge in [0.15, 0.2) is 0 Å². The Hall–Kier alpha value is -2.36. The van der Waals surface area contributed by atoms with E-state index in [2.05, 4.69) is 41.5 Å². The van der Waals surface area contributed by atoms with Crippen LogP contribution in [-0.2, 0) is 4.79 Å². The van der Waals surface area contributed by atoms with Crippen molar-refractivity contribution in [3.8, 4) is 0 Å². The summed E-state index contributed by atoms with van der Waals surface area (Å²) in [6, 6.07) is 8.20. The number of aromatic nitrogens is 2. The molecule has 2 aromatic rings. The van der Waals surface area contributed by atoms with E-state index in [1.165, 1.54) is 11.6 Å². The Kier molecular flexibility index (Phi) is 4.35. The Morgan fingerprint density at radius 1 is 1.30 bits per heavy atom. The second-order valence-electron chi connectivity index (χ2n) is 5.07. The fraction of sp³-hybridized carbons (Fsp3) is 0.250. The van der Waals surface area contributed by atoms with Crippen molar-refractivity contribution in [3.05, 3.63) is 53.2 Å². The van der Waals surface area contributed by atoms with Gasteiger partial charge in [0.2, 0.25) is 5.91 Å². The van der Waals surface area contributed by atoms with Crippen LogP contribution >= 0.6 is 0 Å². The standard InChI is InChI=1S/C16H19N3O/c1-11(2)14-7-4-13(5-8-14)6-9-15(20)18-16-12(3)10-17-19-16/h4-11H,1-3H3,(H2,17,18,19,20)/b9-6+. The number of hydrogen-bond donors (Lipinski definition) is 2. The fourth-order valence-corrected chi connectivity index (χ4v) is 1.80. The number of amides is 1. The molecule has 0 fully saturated rings. The largest absolute Gasteiger partial charge is 0.307 e. The number of rotatable bonds is 4. The normalized spacial score (nSPS) is 11.2. The van der Waals surface area contributed by atoms with Gasteiger partial charge in [-0.05, 0) is 30.0 Å². The first-order chi connectivity index (χ1) is 9.56. The van der Waals surface area contributed by atoms with Gasteiger partial charge in [-0.25, -0.2) is 0 Å². The van der Waals surface area contributed by atoms with Crippen molar-refractivity contribution in [1.82, 2.24) is 10.2 Å². The van der Waals surface area contributed by atoms with Crippen LogP contribution in [0.3, 0.4) is 0 Å². The highest BCUT2D eigenvalue weighted by Crippen LogP contribution is 2.15. The van der Waals surface area contributed by atoms with Crippen molar-refractivity contribution < 1.29 is 4.79 Å². The number of aryl methyl sites for hydroxylation is 1. The van der Waals surface area contributed by atoms with E-state index in [-0.39, 0.29) is 5.91 Å². The minimum Gasteiger partial charge on any atom is -0.307 e. The molecule has 0 aliphatic rings. The monoisotopic (exact) mass is 269 g/mol. The fourth-order valence-electron chi connectivity index (χ4n) is 1.80. The van der Waals surface area contributed by atoms with Crippen LogP contribution in [0.2, 0.25) is 0 Å². The SMILES string of the molecule is Cc1cn[nH]c1NC(=O)/C=C/c1ccc(C(C)C)cc1. The maximum Gasteiger partial charge on any atom is 0.249 e. The van der Waals surface area contributed by atoms with Crippen LogP contribution in [0.25, 0.3) is 6.08 Å². The molecule has 0 saturated heterocycles. The molecule has 0 aliphatic heterocycles. The third kappa shape index (κ3) is 3.57. The molecule has 2 rings (SSSR count). The van der Waals surface area contributed by atoms with Crippen molar-refractivity contribution in [2.24, 2.45) is 0 Å². The summed E-state index contributed by atoms with van der Waals surface area (Å²) >= 11 is 0. The van der Waals surface area contributed by atoms with Gasteiger partial charge in [-0.3, -0.25) is 9.89 Å². The van der Waals surface area contributed by atoms with Crippen LogP contribution in [-0.4, -0.2) is 16.1 Å². The summed E-state index contributed by atoms with van der Waals surface area (Å²) in [4.78, 5) is 11.8. The number of carbonyl (C=O) groups is 1. The first-order valence-electron chi connectivity index (χ1n) is 6.65. The number of carbonyl (C=O) groups excluding carboxylic acids is 1. The molecule has 1 amide bonds. The molecule has 0 radical (unpaired) electrons. The van der Waals surface area contributed by atoms with E-state index in [0.717, 1.165) is 11.1 Å². The zero-order chi connectivity index (χ0) is 14.5. The summed E-state index contributed by atoms with van der Waals surface area (Å²) in [5, 5.41) is 9.34. The topological polar surface area (TPSA) is 57.8 Å². The summed E-state index contributed by atoms with van der Waals surface area (Å²) in [5.74, 6) is 0.972. The van der Waals surface area contributed by atoms with Crippen molar-refractivity contribution in [3.63, 3.8) is 0 Å². The highest BCUT2D eigenvalue weighted by molar-refractivity contribution is 6.01. The van der Waals surface area contributed by atoms with E-state index in [0.29, 0.717) is 11.7 Å². The maximum atomic E-state index is 11.8. The molecule has 0 bridgehead atoms. The molecule has 0 saturated carbocycles. The lowest BCUT2D eigenvalue weighted by atomic mass is 10.0. The number of anilines is 1. The van der Waals surface area contributed by atoms with Crippen molar-refractivity contribution in [2.75, 3.05) is 5.32 Å². The zero-order valence-corrected chi connectivity index (χ0v) is 12.0. The molecule has 2 N–H and O–H groups in total. The molecule has 0 atom stereocenters. The lowest BCUT2D eigenvalue weighted by Gasteiger charge is -2.04. The Balaban J connectivity index is 1.98. The third-order valence-electron chi connectivity index (χ3n) is 3.11. The van der Waals surface area contributed by atoms with Gasteiger partial charge in [-0.15, -0.1) is 0 Å². The third-order valence-corrected chi connectivity index (χ3v) is 3.11. The van der Waals surface area contributed by atoms with Crippen molar-refractivity contribution in [1.29, 1.82) is 0 Å². The predicted octanol–water partition coefficient (Wildman–Crippen LogP) is 3.49. The van der Waals surface area contributed by atoms with Gasteiger partial charge in [0.25, 0.3) is 0 Å². The lowest BCUT2D eigenvalue weighted by Crippen LogP contribution is -2.08. The van der Waals surface area contributed by atoms with Gasteiger partial charge in [0, 0.05) is 11.6 Å². The Bertz CT molecular complexity index is 609. The number of nitrogens with one attached hydrogen (secondary N) is 2. The zero-order valence-electron chi connectivity index (χ0n) is 12.0. The lowest BCUT2D eigenvalue weighted by molar-refractivity contribution is -0.111. The molecule has 1 aromatic carbocycles. The molecule has 0 unspecified atom stereocenters. The van der Waals surface area contributed by atoms with Crippen molar-refractivity contribution >= 4 is 17.8 Å². The maximum absolute atomic E-state index is 11.8. The minimum absolute atomic E-state index is 0.176. The summed E-state index contributed by atoms with van der Waals surface area (Å²) in [6.45, 7) is 6.20. The van der Waals surface area contributed by atoms with Gasteiger partial charge in [-0.2, -0.15) is 5.10 Å². The van der Waals surface area contributed by atoms with Gasteiger partial charge in [-0.1, -0.05) is 38.1 Å². The highest BCUT2D eigenvalue weighted by atomic mass is 16.1. The number of aromatic amines is 1. The van der Waals surface area contributed by atoms with Crippen LogP contribution in [0, 0.1) is 6.92 Å². The van der Waals surface area contributed by atoms with Crippen LogP contribution in [0.5, 0.6) is 0 Å². The minimum atomic E-state index is -0.176. The average molecular weight is 269 g/mol. The molecule has 104 valence electrons. The first-order valence-corrected chi connectivity index (χ1v) is 6.65. The van der Waals surface area contributed by atoms with E-state index >= 15 is 0 Å². The Morgan fingerprint density at radius 3 is 2.55 bits per heavy atom. The van der Waals surface area contributed by atoms with Crippen LogP contribution in [0.1, 0.15) is 36.5 Å². The van der Waals surface area contributed by atoms with Crippen LogP contribution < -0.4 is 5.32 Å². The predicted molar refractivity (Wildman–Crippen MR) is 81.5 cm³/mol. The number of benzene rings is 1. The quantitative estimate of drug-likeness (QED) is 0.835. The number of H-pyrrole nitrogens is 1. The Labute approximate surface area is 118 Å². The van der Waals surface area contributed by atoms with E-state index in [4.69, 9.17) is 0 Å². The van der Waals surface area contributed by atoms with Gasteiger partial charge < -0.3 is 5.32 Å². The number of hydrogen-bond acceptors (Lipinski definition) is 2. The summed E-state index contributed by atoms with van der Waals surface area (Å²) in [5.41, 5.74) is 3.21. The molecule has 1 aromatic heterocycles. The molecule has 4 nitrogen and oxygen atoms in total. The molecular weight excluding hydrogens is 250 g/mol. The molecule has 4 heteroatoms. The highest BCUT2D eigenvalue weighted by Gasteiger charge is 2.03. The molecule has 1 heterocycles. The number of nitrogens with zero attached hydrogens (tertiary/aromatic N) is 1. The van der Waals surface area contributed by atoms with Crippen LogP contribution in [0.4, 0.5) is 5.82 Å². The molecule has 20 heavy (non-hydrogen) atoms. The molecule has 0 aliphatic carbocycles. The van der Waals surface area contributed by atoms with Gasteiger partial charge in [0.05, 0.1) is 6.20 Å². The van der Waals surface area contributed by atoms with Crippen molar-refractivity contribution in [2.45, 2.75) is 26.7 Å². The van der Waals surface area contributed by atoms with Gasteiger partial charge >= 0.3 is 0 Å². The second-order valence-corrected chi connectivity index (χ2v) is 5.07. The smallest absolute Gasteiger partial charge is 0.249 e. The molecular formula is C16H19N3O. The summed E-state index contributed by atoms with van der Waals surface area (Å²) < 4.78 is 0. The molecule has 0 spiro atoms. The van der Waals surface area contributed by atoms with Crippen LogP contribution in [0.15, 0.2) is 36.5 Å². The average Bonchev–Trinajstić information content (AvgIpc) is 2.82. The Morgan fingerprint density at radius 2 is 2.00 bits per heavy atom. The first kappa shape index (κ1) is 14.1. The summed E-state index contributed by atoms with van der Waals surface area (Å²) in [6.07, 6.45) is 4.99. The van der Waals surface area contributed by atoms with Gasteiger partial charge in [0.1, 0.15) is 5.82 Å². The van der Waals surface area contributed by atoms with E-state index in [1.807, 2.05) is 19.1 Å². The summed E-state index contributed by atoms with van der Waals surface area (Å²) in [7, 11) is 0. The van der Waals surface area contributed by atoms with E-state index < -0.39 is 0 Å². The second kappa shape index (κ2) is 6.19.